The van der Waals surface area contributed by atoms with Gasteiger partial charge in [0.25, 0.3) is 0 Å². The van der Waals surface area contributed by atoms with E-state index in [9.17, 15) is 4.79 Å². The van der Waals surface area contributed by atoms with Crippen LogP contribution in [0.4, 0.5) is 11.4 Å². The molecule has 3 rings (SSSR count). The van der Waals surface area contributed by atoms with Gasteiger partial charge in [0.05, 0.1) is 0 Å². The minimum absolute atomic E-state index is 0.141. The lowest BCUT2D eigenvalue weighted by molar-refractivity contribution is -0.122. The van der Waals surface area contributed by atoms with E-state index in [1.165, 1.54) is 17.7 Å². The fraction of sp³-hybridized carbons (Fsp3) is 0.562. The second kappa shape index (κ2) is 4.55. The van der Waals surface area contributed by atoms with Gasteiger partial charge >= 0.3 is 0 Å². The van der Waals surface area contributed by atoms with Gasteiger partial charge in [-0.1, -0.05) is 20.3 Å². The van der Waals surface area contributed by atoms with Gasteiger partial charge < -0.3 is 10.6 Å². The van der Waals surface area contributed by atoms with Crippen molar-refractivity contribution < 1.29 is 4.79 Å². The van der Waals surface area contributed by atoms with Gasteiger partial charge in [-0.2, -0.15) is 0 Å². The van der Waals surface area contributed by atoms with Crippen molar-refractivity contribution in [3.05, 3.63) is 23.8 Å². The molecule has 2 N–H and O–H groups in total. The van der Waals surface area contributed by atoms with E-state index in [0.29, 0.717) is 0 Å². The second-order valence-electron chi connectivity index (χ2n) is 6.47. The smallest absolute Gasteiger partial charge is 0.228 e. The minimum atomic E-state index is 0.141. The summed E-state index contributed by atoms with van der Waals surface area (Å²) in [5.41, 5.74) is 3.60. The first-order valence-electron chi connectivity index (χ1n) is 7.24. The molecule has 1 fully saturated rings. The van der Waals surface area contributed by atoms with E-state index in [4.69, 9.17) is 0 Å². The zero-order valence-corrected chi connectivity index (χ0v) is 11.8. The van der Waals surface area contributed by atoms with Crippen LogP contribution in [-0.4, -0.2) is 12.5 Å². The van der Waals surface area contributed by atoms with Crippen LogP contribution in [0.5, 0.6) is 0 Å². The lowest BCUT2D eigenvalue weighted by Gasteiger charge is -2.25. The maximum atomic E-state index is 12.4. The molecule has 102 valence electrons. The van der Waals surface area contributed by atoms with Crippen LogP contribution in [0.1, 0.15) is 38.7 Å². The molecule has 2 aliphatic rings. The number of rotatable bonds is 2. The standard InChI is InChI=1S/C16H22N2O/c1-16(2)8-3-4-13(16)15(19)18-12-5-6-14-11(10-12)7-9-17-14/h5-6,10,13,17H,3-4,7-9H2,1-2H3,(H,18,19). The zero-order chi connectivity index (χ0) is 13.5. The minimum Gasteiger partial charge on any atom is -0.384 e. The quantitative estimate of drug-likeness (QED) is 0.853. The van der Waals surface area contributed by atoms with E-state index >= 15 is 0 Å². The summed E-state index contributed by atoms with van der Waals surface area (Å²) < 4.78 is 0. The normalized spacial score (nSPS) is 23.8. The number of nitrogens with one attached hydrogen (secondary N) is 2. The summed E-state index contributed by atoms with van der Waals surface area (Å²) in [6, 6.07) is 6.17. The third-order valence-corrected chi connectivity index (χ3v) is 4.66. The first-order valence-corrected chi connectivity index (χ1v) is 7.24. The van der Waals surface area contributed by atoms with Crippen molar-refractivity contribution in [3.8, 4) is 0 Å². The van der Waals surface area contributed by atoms with Crippen LogP contribution >= 0.6 is 0 Å². The largest absolute Gasteiger partial charge is 0.384 e. The molecule has 1 aliphatic carbocycles. The van der Waals surface area contributed by atoms with Crippen molar-refractivity contribution in [2.24, 2.45) is 11.3 Å². The molecule has 1 aromatic rings. The van der Waals surface area contributed by atoms with Gasteiger partial charge in [-0.15, -0.1) is 0 Å². The van der Waals surface area contributed by atoms with Gasteiger partial charge in [-0.3, -0.25) is 4.79 Å². The fourth-order valence-corrected chi connectivity index (χ4v) is 3.42. The van der Waals surface area contributed by atoms with Crippen LogP contribution in [0.15, 0.2) is 18.2 Å². The number of anilines is 2. The molecule has 1 amide bonds. The molecular formula is C16H22N2O. The third-order valence-electron chi connectivity index (χ3n) is 4.66. The molecule has 3 heteroatoms. The van der Waals surface area contributed by atoms with Gasteiger partial charge in [0.1, 0.15) is 0 Å². The van der Waals surface area contributed by atoms with Crippen LogP contribution in [0.3, 0.4) is 0 Å². The molecule has 1 aromatic carbocycles. The van der Waals surface area contributed by atoms with Crippen LogP contribution < -0.4 is 10.6 Å². The van der Waals surface area contributed by atoms with Crippen molar-refractivity contribution in [3.63, 3.8) is 0 Å². The Labute approximate surface area is 114 Å². The molecule has 1 saturated carbocycles. The summed E-state index contributed by atoms with van der Waals surface area (Å²) in [5, 5.41) is 6.44. The summed E-state index contributed by atoms with van der Waals surface area (Å²) in [7, 11) is 0. The number of carbonyl (C=O) groups is 1. The first kappa shape index (κ1) is 12.5. The zero-order valence-electron chi connectivity index (χ0n) is 11.8. The van der Waals surface area contributed by atoms with Crippen LogP contribution in [0.2, 0.25) is 0 Å². The topological polar surface area (TPSA) is 41.1 Å². The maximum Gasteiger partial charge on any atom is 0.228 e. The molecule has 1 aliphatic heterocycles. The van der Waals surface area contributed by atoms with E-state index in [2.05, 4.69) is 36.6 Å². The number of amides is 1. The second-order valence-corrected chi connectivity index (χ2v) is 6.47. The molecule has 0 aromatic heterocycles. The van der Waals surface area contributed by atoms with E-state index in [1.807, 2.05) is 6.07 Å². The Morgan fingerprint density at radius 1 is 1.42 bits per heavy atom. The Balaban J connectivity index is 1.73. The summed E-state index contributed by atoms with van der Waals surface area (Å²) in [4.78, 5) is 12.4. The van der Waals surface area contributed by atoms with E-state index in [1.54, 1.807) is 0 Å². The number of carbonyl (C=O) groups excluding carboxylic acids is 1. The Hall–Kier alpha value is -1.51. The van der Waals surface area contributed by atoms with Crippen molar-refractivity contribution in [2.45, 2.75) is 39.5 Å². The SMILES string of the molecule is CC1(C)CCCC1C(=O)Nc1ccc2c(c1)CCN2. The Morgan fingerprint density at radius 3 is 3.00 bits per heavy atom. The van der Waals surface area contributed by atoms with Gasteiger partial charge in [0.2, 0.25) is 5.91 Å². The molecule has 1 atom stereocenters. The summed E-state index contributed by atoms with van der Waals surface area (Å²) in [6.45, 7) is 5.41. The monoisotopic (exact) mass is 258 g/mol. The van der Waals surface area contributed by atoms with E-state index in [0.717, 1.165) is 31.5 Å². The lowest BCUT2D eigenvalue weighted by Crippen LogP contribution is -2.30. The fourth-order valence-electron chi connectivity index (χ4n) is 3.42. The van der Waals surface area contributed by atoms with E-state index in [-0.39, 0.29) is 17.2 Å². The van der Waals surface area contributed by atoms with Crippen molar-refractivity contribution in [1.82, 2.24) is 0 Å². The highest BCUT2D eigenvalue weighted by Gasteiger charge is 2.39. The molecule has 1 heterocycles. The third kappa shape index (κ3) is 2.34. The predicted octanol–water partition coefficient (Wildman–Crippen LogP) is 3.42. The predicted molar refractivity (Wildman–Crippen MR) is 78.4 cm³/mol. The molecule has 0 bridgehead atoms. The van der Waals surface area contributed by atoms with Gasteiger partial charge in [0.15, 0.2) is 0 Å². The molecule has 3 nitrogen and oxygen atoms in total. The Kier molecular flexibility index (Phi) is 3.00. The molecule has 0 spiro atoms. The van der Waals surface area contributed by atoms with Crippen molar-refractivity contribution in [1.29, 1.82) is 0 Å². The highest BCUT2D eigenvalue weighted by molar-refractivity contribution is 5.93. The van der Waals surface area contributed by atoms with Crippen LogP contribution in [0, 0.1) is 11.3 Å². The number of fused-ring (bicyclic) bond motifs is 1. The van der Waals surface area contributed by atoms with Gasteiger partial charge in [-0.05, 0) is 48.4 Å². The number of benzene rings is 1. The number of hydrogen-bond acceptors (Lipinski definition) is 2. The lowest BCUT2D eigenvalue weighted by atomic mass is 9.81. The van der Waals surface area contributed by atoms with Crippen LogP contribution in [0.25, 0.3) is 0 Å². The summed E-state index contributed by atoms with van der Waals surface area (Å²) in [6.07, 6.45) is 4.39. The molecular weight excluding hydrogens is 236 g/mol. The van der Waals surface area contributed by atoms with Crippen molar-refractivity contribution in [2.75, 3.05) is 17.2 Å². The average Bonchev–Trinajstić information content (AvgIpc) is 2.94. The molecule has 0 radical (unpaired) electrons. The van der Waals surface area contributed by atoms with Crippen LogP contribution in [-0.2, 0) is 11.2 Å². The van der Waals surface area contributed by atoms with Gasteiger partial charge in [-0.25, -0.2) is 0 Å². The molecule has 1 unspecified atom stereocenters. The highest BCUT2D eigenvalue weighted by atomic mass is 16.1. The van der Waals surface area contributed by atoms with Crippen molar-refractivity contribution >= 4 is 17.3 Å². The first-order chi connectivity index (χ1) is 9.06. The van der Waals surface area contributed by atoms with Gasteiger partial charge in [0, 0.05) is 23.8 Å². The Bertz CT molecular complexity index is 507. The Morgan fingerprint density at radius 2 is 2.26 bits per heavy atom. The number of hydrogen-bond donors (Lipinski definition) is 2. The summed E-state index contributed by atoms with van der Waals surface area (Å²) >= 11 is 0. The average molecular weight is 258 g/mol. The maximum absolute atomic E-state index is 12.4. The molecule has 0 saturated heterocycles. The summed E-state index contributed by atoms with van der Waals surface area (Å²) in [5.74, 6) is 0.340. The highest BCUT2D eigenvalue weighted by Crippen LogP contribution is 2.43. The molecule has 19 heavy (non-hydrogen) atoms. The van der Waals surface area contributed by atoms with E-state index < -0.39 is 0 Å².